The van der Waals surface area contributed by atoms with Crippen molar-refractivity contribution in [2.24, 2.45) is 0 Å². The molecular formula is C17H15Cl2NO. The molecule has 0 saturated carbocycles. The first-order chi connectivity index (χ1) is 10.2. The van der Waals surface area contributed by atoms with Crippen molar-refractivity contribution in [2.75, 3.05) is 0 Å². The molecule has 0 saturated heterocycles. The smallest absolute Gasteiger partial charge is 0.199 e. The predicted molar refractivity (Wildman–Crippen MR) is 87.9 cm³/mol. The number of hydrogen-bond donors (Lipinski definition) is 1. The van der Waals surface area contributed by atoms with E-state index in [0.717, 1.165) is 27.1 Å². The first-order valence-electron chi connectivity index (χ1n) is 6.80. The summed E-state index contributed by atoms with van der Waals surface area (Å²) in [5, 5.41) is 5.69. The molecule has 0 aliphatic carbocycles. The zero-order valence-electron chi connectivity index (χ0n) is 11.6. The molecule has 0 spiro atoms. The van der Waals surface area contributed by atoms with Crippen LogP contribution in [-0.4, -0.2) is 0 Å². The van der Waals surface area contributed by atoms with Gasteiger partial charge >= 0.3 is 0 Å². The largest absolute Gasteiger partial charge is 0.444 e. The van der Waals surface area contributed by atoms with Crippen molar-refractivity contribution in [2.45, 2.75) is 19.5 Å². The molecule has 3 aromatic rings. The molecular weight excluding hydrogens is 305 g/mol. The highest BCUT2D eigenvalue weighted by Gasteiger charge is 2.14. The number of benzene rings is 2. The quantitative estimate of drug-likeness (QED) is 0.678. The Labute approximate surface area is 133 Å². The Hall–Kier alpha value is -1.48. The lowest BCUT2D eigenvalue weighted by atomic mass is 10.1. The summed E-state index contributed by atoms with van der Waals surface area (Å²) in [6.45, 7) is 2.71. The Morgan fingerprint density at radius 2 is 1.76 bits per heavy atom. The van der Waals surface area contributed by atoms with E-state index in [9.17, 15) is 0 Å². The van der Waals surface area contributed by atoms with E-state index in [1.165, 1.54) is 0 Å². The Balaban J connectivity index is 1.81. The normalized spacial score (nSPS) is 12.7. The summed E-state index contributed by atoms with van der Waals surface area (Å²) in [6, 6.07) is 15.8. The molecule has 1 heterocycles. The van der Waals surface area contributed by atoms with E-state index < -0.39 is 0 Å². The number of hydrogen-bond acceptors (Lipinski definition) is 2. The number of halogens is 2. The minimum Gasteiger partial charge on any atom is -0.444 e. The molecule has 21 heavy (non-hydrogen) atoms. The maximum absolute atomic E-state index is 6.22. The third kappa shape index (κ3) is 2.93. The lowest BCUT2D eigenvalue weighted by molar-refractivity contribution is 0.563. The zero-order valence-corrected chi connectivity index (χ0v) is 13.1. The molecule has 0 bridgehead atoms. The molecule has 2 nitrogen and oxygen atoms in total. The molecule has 0 aliphatic heterocycles. The molecule has 0 aliphatic rings. The van der Waals surface area contributed by atoms with Crippen molar-refractivity contribution in [3.05, 3.63) is 69.9 Å². The predicted octanol–water partition coefficient (Wildman–Crippen LogP) is 5.59. The van der Waals surface area contributed by atoms with Crippen LogP contribution >= 0.6 is 23.2 Å². The first kappa shape index (κ1) is 14.5. The van der Waals surface area contributed by atoms with Gasteiger partial charge in [0, 0.05) is 28.6 Å². The summed E-state index contributed by atoms with van der Waals surface area (Å²) in [4.78, 5) is 0. The minimum absolute atomic E-state index is 0.128. The fraction of sp³-hybridized carbons (Fsp3) is 0.176. The van der Waals surface area contributed by atoms with Gasteiger partial charge in [-0.05, 0) is 36.2 Å². The van der Waals surface area contributed by atoms with Gasteiger partial charge in [-0.15, -0.1) is 0 Å². The fourth-order valence-electron chi connectivity index (χ4n) is 2.43. The summed E-state index contributed by atoms with van der Waals surface area (Å²) in [6.07, 6.45) is 0. The molecule has 108 valence electrons. The minimum atomic E-state index is 0.128. The Bertz CT molecular complexity index is 766. The van der Waals surface area contributed by atoms with Gasteiger partial charge in [0.1, 0.15) is 5.58 Å². The number of nitrogens with one attached hydrogen (secondary N) is 1. The second-order valence-electron chi connectivity index (χ2n) is 4.97. The van der Waals surface area contributed by atoms with Gasteiger partial charge in [0.25, 0.3) is 0 Å². The standard InChI is InChI=1S/C17H15Cl2NO/c1-11(12-6-2-4-8-15(12)18)20-10-14-13-7-3-5-9-16(13)21-17(14)19/h2-9,11,20H,10H2,1H3/t11-/m0/s1. The molecule has 0 fully saturated rings. The van der Waals surface area contributed by atoms with Crippen LogP contribution in [-0.2, 0) is 6.54 Å². The third-order valence-corrected chi connectivity index (χ3v) is 4.26. The summed E-state index contributed by atoms with van der Waals surface area (Å²) < 4.78 is 5.56. The van der Waals surface area contributed by atoms with Crippen molar-refractivity contribution in [3.8, 4) is 0 Å². The molecule has 3 rings (SSSR count). The summed E-state index contributed by atoms with van der Waals surface area (Å²) in [5.41, 5.74) is 2.86. The van der Waals surface area contributed by atoms with E-state index >= 15 is 0 Å². The average Bonchev–Trinajstić information content (AvgIpc) is 2.81. The zero-order chi connectivity index (χ0) is 14.8. The maximum Gasteiger partial charge on any atom is 0.199 e. The first-order valence-corrected chi connectivity index (χ1v) is 7.56. The van der Waals surface area contributed by atoms with Crippen LogP contribution in [0, 0.1) is 0 Å². The molecule has 0 amide bonds. The van der Waals surface area contributed by atoms with Gasteiger partial charge in [-0.25, -0.2) is 0 Å². The lowest BCUT2D eigenvalue weighted by Gasteiger charge is -2.15. The second kappa shape index (κ2) is 6.10. The molecule has 0 radical (unpaired) electrons. The summed E-state index contributed by atoms with van der Waals surface area (Å²) in [7, 11) is 0. The third-order valence-electron chi connectivity index (χ3n) is 3.61. The van der Waals surface area contributed by atoms with E-state index in [1.807, 2.05) is 48.5 Å². The van der Waals surface area contributed by atoms with Crippen LogP contribution in [0.4, 0.5) is 0 Å². The topological polar surface area (TPSA) is 25.2 Å². The van der Waals surface area contributed by atoms with Crippen molar-refractivity contribution >= 4 is 34.2 Å². The maximum atomic E-state index is 6.22. The van der Waals surface area contributed by atoms with E-state index in [-0.39, 0.29) is 6.04 Å². The van der Waals surface area contributed by atoms with Crippen LogP contribution in [0.2, 0.25) is 10.2 Å². The van der Waals surface area contributed by atoms with E-state index in [4.69, 9.17) is 27.6 Å². The molecule has 1 aromatic heterocycles. The molecule has 4 heteroatoms. The van der Waals surface area contributed by atoms with Crippen LogP contribution in [0.1, 0.15) is 24.1 Å². The van der Waals surface area contributed by atoms with Gasteiger partial charge in [0.15, 0.2) is 5.22 Å². The van der Waals surface area contributed by atoms with Gasteiger partial charge < -0.3 is 9.73 Å². The van der Waals surface area contributed by atoms with Gasteiger partial charge in [0.05, 0.1) is 0 Å². The van der Waals surface area contributed by atoms with Crippen LogP contribution in [0.25, 0.3) is 11.0 Å². The van der Waals surface area contributed by atoms with Crippen molar-refractivity contribution < 1.29 is 4.42 Å². The number of fused-ring (bicyclic) bond motifs is 1. The molecule has 0 unspecified atom stereocenters. The Morgan fingerprint density at radius 3 is 2.57 bits per heavy atom. The van der Waals surface area contributed by atoms with Gasteiger partial charge in [0.2, 0.25) is 0 Å². The summed E-state index contributed by atoms with van der Waals surface area (Å²) in [5.74, 6) is 0. The van der Waals surface area contributed by atoms with Crippen LogP contribution in [0.3, 0.4) is 0 Å². The average molecular weight is 320 g/mol. The van der Waals surface area contributed by atoms with Crippen LogP contribution < -0.4 is 5.32 Å². The van der Waals surface area contributed by atoms with E-state index in [1.54, 1.807) is 0 Å². The monoisotopic (exact) mass is 319 g/mol. The van der Waals surface area contributed by atoms with Crippen LogP contribution in [0.5, 0.6) is 0 Å². The molecule has 1 atom stereocenters. The summed E-state index contributed by atoms with van der Waals surface area (Å²) >= 11 is 12.4. The van der Waals surface area contributed by atoms with Gasteiger partial charge in [-0.2, -0.15) is 0 Å². The van der Waals surface area contributed by atoms with Crippen molar-refractivity contribution in [3.63, 3.8) is 0 Å². The molecule has 1 N–H and O–H groups in total. The lowest BCUT2D eigenvalue weighted by Crippen LogP contribution is -2.18. The number of rotatable bonds is 4. The molecule has 2 aromatic carbocycles. The van der Waals surface area contributed by atoms with Gasteiger partial charge in [-0.1, -0.05) is 48.0 Å². The number of para-hydroxylation sites is 1. The van der Waals surface area contributed by atoms with E-state index in [2.05, 4.69) is 12.2 Å². The fourth-order valence-corrected chi connectivity index (χ4v) is 2.98. The Morgan fingerprint density at radius 1 is 1.05 bits per heavy atom. The highest BCUT2D eigenvalue weighted by molar-refractivity contribution is 6.31. The Kier molecular flexibility index (Phi) is 4.20. The highest BCUT2D eigenvalue weighted by Crippen LogP contribution is 2.30. The SMILES string of the molecule is C[C@H](NCc1c(Cl)oc2ccccc12)c1ccccc1Cl. The van der Waals surface area contributed by atoms with Gasteiger partial charge in [-0.3, -0.25) is 0 Å². The second-order valence-corrected chi connectivity index (χ2v) is 5.73. The van der Waals surface area contributed by atoms with Crippen molar-refractivity contribution in [1.29, 1.82) is 0 Å². The van der Waals surface area contributed by atoms with Crippen molar-refractivity contribution in [1.82, 2.24) is 5.32 Å². The van der Waals surface area contributed by atoms with Crippen LogP contribution in [0.15, 0.2) is 52.9 Å². The van der Waals surface area contributed by atoms with E-state index in [0.29, 0.717) is 11.8 Å². The number of furan rings is 1. The highest BCUT2D eigenvalue weighted by atomic mass is 35.5.